The smallest absolute Gasteiger partial charge is 0.0376 e. The van der Waals surface area contributed by atoms with Gasteiger partial charge in [-0.1, -0.05) is 24.3 Å². The van der Waals surface area contributed by atoms with Crippen molar-refractivity contribution in [3.8, 4) is 0 Å². The van der Waals surface area contributed by atoms with Crippen LogP contribution >= 0.6 is 0 Å². The zero-order valence-corrected chi connectivity index (χ0v) is 10.9. The van der Waals surface area contributed by atoms with Gasteiger partial charge >= 0.3 is 0 Å². The molecule has 0 bridgehead atoms. The summed E-state index contributed by atoms with van der Waals surface area (Å²) in [5.74, 6) is 0.687. The third kappa shape index (κ3) is 2.44. The largest absolute Gasteiger partial charge is 0.384 e. The average molecular weight is 242 g/mol. The van der Waals surface area contributed by atoms with Gasteiger partial charge in [-0.2, -0.15) is 0 Å². The Bertz CT molecular complexity index is 423. The molecule has 2 heteroatoms. The molecule has 1 saturated carbocycles. The summed E-state index contributed by atoms with van der Waals surface area (Å²) in [6, 6.07) is 9.57. The Labute approximate surface area is 110 Å². The van der Waals surface area contributed by atoms with E-state index in [4.69, 9.17) is 0 Å². The molecule has 3 rings (SSSR count). The topological polar surface area (TPSA) is 15.3 Å². The highest BCUT2D eigenvalue weighted by molar-refractivity contribution is 5.57. The van der Waals surface area contributed by atoms with Crippen molar-refractivity contribution in [1.29, 1.82) is 0 Å². The van der Waals surface area contributed by atoms with Crippen molar-refractivity contribution in [1.82, 2.24) is 4.90 Å². The van der Waals surface area contributed by atoms with Crippen LogP contribution in [0.25, 0.3) is 0 Å². The van der Waals surface area contributed by atoms with Crippen LogP contribution in [0.4, 0.5) is 5.69 Å². The van der Waals surface area contributed by atoms with Crippen molar-refractivity contribution in [2.45, 2.75) is 31.2 Å². The fourth-order valence-electron chi connectivity index (χ4n) is 2.96. The summed E-state index contributed by atoms with van der Waals surface area (Å²) < 4.78 is 0. The number of anilines is 1. The average Bonchev–Trinajstić information content (AvgIpc) is 3.16. The minimum absolute atomic E-state index is 0.687. The minimum Gasteiger partial charge on any atom is -0.384 e. The number of hydrogen-bond acceptors (Lipinski definition) is 2. The monoisotopic (exact) mass is 242 g/mol. The molecule has 1 aromatic carbocycles. The number of hydrogen-bond donors (Lipinski definition) is 1. The fourth-order valence-corrected chi connectivity index (χ4v) is 2.96. The Morgan fingerprint density at radius 1 is 1.33 bits per heavy atom. The Morgan fingerprint density at radius 2 is 2.17 bits per heavy atom. The second kappa shape index (κ2) is 5.15. The van der Waals surface area contributed by atoms with E-state index in [2.05, 4.69) is 41.1 Å². The first kappa shape index (κ1) is 11.8. The number of nitrogens with zero attached hydrogens (tertiary/aromatic N) is 1. The lowest BCUT2D eigenvalue weighted by Gasteiger charge is -2.22. The van der Waals surface area contributed by atoms with E-state index >= 15 is 0 Å². The molecule has 0 radical (unpaired) electrons. The van der Waals surface area contributed by atoms with Crippen molar-refractivity contribution < 1.29 is 0 Å². The molecule has 1 fully saturated rings. The van der Waals surface area contributed by atoms with Crippen molar-refractivity contribution >= 4 is 5.69 Å². The lowest BCUT2D eigenvalue weighted by Crippen LogP contribution is -2.28. The molecule has 2 nitrogen and oxygen atoms in total. The van der Waals surface area contributed by atoms with Crippen LogP contribution in [0.5, 0.6) is 0 Å². The molecule has 1 aliphatic heterocycles. The summed E-state index contributed by atoms with van der Waals surface area (Å²) in [7, 11) is 0. The van der Waals surface area contributed by atoms with Crippen molar-refractivity contribution in [3.63, 3.8) is 0 Å². The van der Waals surface area contributed by atoms with Gasteiger partial charge < -0.3 is 5.32 Å². The molecular formula is C16H22N2. The van der Waals surface area contributed by atoms with E-state index in [1.807, 2.05) is 6.08 Å². The Hall–Kier alpha value is -1.28. The van der Waals surface area contributed by atoms with Gasteiger partial charge in [0.15, 0.2) is 0 Å². The van der Waals surface area contributed by atoms with Crippen LogP contribution in [0.2, 0.25) is 0 Å². The highest BCUT2D eigenvalue weighted by Crippen LogP contribution is 2.34. The van der Waals surface area contributed by atoms with E-state index < -0.39 is 0 Å². The van der Waals surface area contributed by atoms with Crippen molar-refractivity contribution in [2.24, 2.45) is 0 Å². The molecule has 1 aliphatic carbocycles. The number of para-hydroxylation sites is 1. The van der Waals surface area contributed by atoms with Crippen LogP contribution < -0.4 is 5.32 Å². The molecule has 0 aromatic heterocycles. The molecule has 18 heavy (non-hydrogen) atoms. The molecular weight excluding hydrogens is 220 g/mol. The first-order valence-corrected chi connectivity index (χ1v) is 7.06. The first-order chi connectivity index (χ1) is 8.88. The van der Waals surface area contributed by atoms with Crippen LogP contribution in [-0.2, 0) is 0 Å². The lowest BCUT2D eigenvalue weighted by atomic mass is 9.98. The fraction of sp³-hybridized carbons (Fsp3) is 0.500. The molecule has 96 valence electrons. The highest BCUT2D eigenvalue weighted by atomic mass is 15.2. The maximum atomic E-state index is 3.87. The standard InChI is InChI=1S/C16H22N2/c1-2-10-18(14-7-8-14)11-9-13-12-17-16-6-4-3-5-15(13)16/h2-6,13-14,17H,1,7-12H2. The Kier molecular flexibility index (Phi) is 3.37. The van der Waals surface area contributed by atoms with Crippen LogP contribution in [0.1, 0.15) is 30.7 Å². The van der Waals surface area contributed by atoms with Gasteiger partial charge in [-0.05, 0) is 37.4 Å². The van der Waals surface area contributed by atoms with Gasteiger partial charge in [-0.15, -0.1) is 6.58 Å². The summed E-state index contributed by atoms with van der Waals surface area (Å²) in [4.78, 5) is 2.59. The highest BCUT2D eigenvalue weighted by Gasteiger charge is 2.29. The molecule has 0 amide bonds. The van der Waals surface area contributed by atoms with Gasteiger partial charge in [-0.25, -0.2) is 0 Å². The summed E-state index contributed by atoms with van der Waals surface area (Å²) in [5.41, 5.74) is 2.84. The molecule has 1 aromatic rings. The third-order valence-electron chi connectivity index (χ3n) is 4.13. The maximum Gasteiger partial charge on any atom is 0.0376 e. The van der Waals surface area contributed by atoms with Gasteiger partial charge in [0.1, 0.15) is 0 Å². The van der Waals surface area contributed by atoms with E-state index in [0.29, 0.717) is 5.92 Å². The zero-order valence-electron chi connectivity index (χ0n) is 10.9. The minimum atomic E-state index is 0.687. The predicted molar refractivity (Wildman–Crippen MR) is 77.1 cm³/mol. The summed E-state index contributed by atoms with van der Waals surface area (Å²) in [5, 5.41) is 3.51. The van der Waals surface area contributed by atoms with Gasteiger partial charge in [0.05, 0.1) is 0 Å². The quantitative estimate of drug-likeness (QED) is 0.770. The third-order valence-corrected chi connectivity index (χ3v) is 4.13. The van der Waals surface area contributed by atoms with E-state index in [1.54, 1.807) is 0 Å². The predicted octanol–water partition coefficient (Wildman–Crippen LogP) is 3.24. The van der Waals surface area contributed by atoms with Gasteiger partial charge in [-0.3, -0.25) is 4.90 Å². The maximum absolute atomic E-state index is 3.87. The normalized spacial score (nSPS) is 21.7. The number of fused-ring (bicyclic) bond motifs is 1. The second-order valence-corrected chi connectivity index (χ2v) is 5.47. The summed E-state index contributed by atoms with van der Waals surface area (Å²) in [6.45, 7) is 7.23. The number of rotatable bonds is 6. The van der Waals surface area contributed by atoms with Gasteiger partial charge in [0.2, 0.25) is 0 Å². The van der Waals surface area contributed by atoms with E-state index in [1.165, 1.54) is 37.1 Å². The molecule has 1 heterocycles. The van der Waals surface area contributed by atoms with Crippen LogP contribution in [0.15, 0.2) is 36.9 Å². The zero-order chi connectivity index (χ0) is 12.4. The van der Waals surface area contributed by atoms with E-state index in [-0.39, 0.29) is 0 Å². The second-order valence-electron chi connectivity index (χ2n) is 5.47. The number of benzene rings is 1. The van der Waals surface area contributed by atoms with Crippen LogP contribution in [-0.4, -0.2) is 30.6 Å². The van der Waals surface area contributed by atoms with E-state index in [0.717, 1.165) is 19.1 Å². The number of nitrogens with one attached hydrogen (secondary N) is 1. The SMILES string of the molecule is C=CCN(CCC1CNc2ccccc21)C1CC1. The molecule has 2 aliphatic rings. The van der Waals surface area contributed by atoms with Crippen LogP contribution in [0.3, 0.4) is 0 Å². The molecule has 1 atom stereocenters. The van der Waals surface area contributed by atoms with Gasteiger partial charge in [0.25, 0.3) is 0 Å². The summed E-state index contributed by atoms with van der Waals surface area (Å²) in [6.07, 6.45) is 6.06. The molecule has 0 spiro atoms. The van der Waals surface area contributed by atoms with Gasteiger partial charge in [0, 0.05) is 30.7 Å². The molecule has 1 unspecified atom stereocenters. The Balaban J connectivity index is 1.59. The van der Waals surface area contributed by atoms with Crippen LogP contribution in [0, 0.1) is 0 Å². The van der Waals surface area contributed by atoms with Crippen molar-refractivity contribution in [3.05, 3.63) is 42.5 Å². The van der Waals surface area contributed by atoms with E-state index in [9.17, 15) is 0 Å². The van der Waals surface area contributed by atoms with Crippen molar-refractivity contribution in [2.75, 3.05) is 25.0 Å². The molecule has 1 N–H and O–H groups in total. The molecule has 0 saturated heterocycles. The lowest BCUT2D eigenvalue weighted by molar-refractivity contribution is 0.281. The summed E-state index contributed by atoms with van der Waals surface area (Å²) >= 11 is 0. The first-order valence-electron chi connectivity index (χ1n) is 7.06. The Morgan fingerprint density at radius 3 is 2.94 bits per heavy atom.